The average Bonchev–Trinajstić information content (AvgIpc) is 2.49. The lowest BCUT2D eigenvalue weighted by Gasteiger charge is -2.01. The van der Waals surface area contributed by atoms with Crippen molar-refractivity contribution in [3.05, 3.63) is 35.7 Å². The van der Waals surface area contributed by atoms with Gasteiger partial charge in [-0.25, -0.2) is 0 Å². The predicted molar refractivity (Wildman–Crippen MR) is 58.8 cm³/mol. The molecule has 2 rings (SSSR count). The van der Waals surface area contributed by atoms with Gasteiger partial charge in [-0.1, -0.05) is 12.1 Å². The van der Waals surface area contributed by atoms with Gasteiger partial charge in [-0.3, -0.25) is 5.10 Å². The Morgan fingerprint density at radius 1 is 1.13 bits per heavy atom. The fraction of sp³-hybridized carbons (Fsp3) is 0.182. The first kappa shape index (κ1) is 11.3. The van der Waals surface area contributed by atoms with Crippen LogP contribution in [0, 0.1) is 13.8 Å². The van der Waals surface area contributed by atoms with Gasteiger partial charge in [0.25, 0.3) is 0 Å². The Morgan fingerprint density at radius 2 is 1.73 bits per heavy atom. The van der Waals surface area contributed by atoms with Crippen LogP contribution in [-0.4, -0.2) is 20.8 Å². The number of rotatable bonds is 1. The lowest BCUT2D eigenvalue weighted by atomic mass is 10.0. The Kier molecular flexibility index (Phi) is 3.11. The van der Waals surface area contributed by atoms with Crippen LogP contribution in [0.25, 0.3) is 11.1 Å². The number of hydrogen-bond acceptors (Lipinski definition) is 2. The van der Waals surface area contributed by atoms with Crippen molar-refractivity contribution in [1.29, 1.82) is 0 Å². The van der Waals surface area contributed by atoms with Crippen molar-refractivity contribution in [1.82, 2.24) is 10.2 Å². The maximum Gasteiger partial charge on any atom is 0.115 e. The van der Waals surface area contributed by atoms with Crippen molar-refractivity contribution in [2.24, 2.45) is 0 Å². The molecule has 1 aromatic carbocycles. The molecule has 0 aliphatic carbocycles. The molecule has 1 heterocycles. The minimum atomic E-state index is 0. The maximum atomic E-state index is 9.17. The zero-order valence-electron chi connectivity index (χ0n) is 8.70. The minimum Gasteiger partial charge on any atom is -0.508 e. The Bertz CT molecular complexity index is 427. The van der Waals surface area contributed by atoms with Crippen LogP contribution in [0.4, 0.5) is 0 Å². The summed E-state index contributed by atoms with van der Waals surface area (Å²) in [7, 11) is 0. The standard InChI is InChI=1S/C11H12N2O.H2O/c1-7-11(8(2)13-12-7)9-3-5-10(14)6-4-9;/h3-6,14H,1-2H3,(H,12,13);1H2. The van der Waals surface area contributed by atoms with Crippen molar-refractivity contribution in [3.63, 3.8) is 0 Å². The molecule has 0 fully saturated rings. The van der Waals surface area contributed by atoms with Crippen molar-refractivity contribution >= 4 is 0 Å². The van der Waals surface area contributed by atoms with E-state index in [9.17, 15) is 0 Å². The molecule has 1 aromatic heterocycles. The monoisotopic (exact) mass is 206 g/mol. The van der Waals surface area contributed by atoms with Gasteiger partial charge in [0.1, 0.15) is 5.75 Å². The van der Waals surface area contributed by atoms with Crippen LogP contribution in [0.1, 0.15) is 11.4 Å². The van der Waals surface area contributed by atoms with Gasteiger partial charge in [0, 0.05) is 11.3 Å². The van der Waals surface area contributed by atoms with E-state index < -0.39 is 0 Å². The van der Waals surface area contributed by atoms with Gasteiger partial charge in [0.15, 0.2) is 0 Å². The van der Waals surface area contributed by atoms with Crippen LogP contribution in [0.2, 0.25) is 0 Å². The molecule has 0 radical (unpaired) electrons. The van der Waals surface area contributed by atoms with Gasteiger partial charge in [0.2, 0.25) is 0 Å². The Morgan fingerprint density at radius 3 is 2.20 bits per heavy atom. The quantitative estimate of drug-likeness (QED) is 0.742. The zero-order valence-corrected chi connectivity index (χ0v) is 8.70. The molecule has 0 spiro atoms. The number of nitrogens with zero attached hydrogens (tertiary/aromatic N) is 1. The van der Waals surface area contributed by atoms with Gasteiger partial charge in [-0.05, 0) is 31.5 Å². The smallest absolute Gasteiger partial charge is 0.115 e. The second-order valence-electron chi connectivity index (χ2n) is 3.36. The van der Waals surface area contributed by atoms with E-state index in [1.165, 1.54) is 0 Å². The number of nitrogens with one attached hydrogen (secondary N) is 1. The third-order valence-electron chi connectivity index (χ3n) is 2.28. The first-order chi connectivity index (χ1) is 6.68. The first-order valence-electron chi connectivity index (χ1n) is 4.49. The molecule has 4 N–H and O–H groups in total. The van der Waals surface area contributed by atoms with E-state index in [-0.39, 0.29) is 11.2 Å². The van der Waals surface area contributed by atoms with Crippen molar-refractivity contribution in [2.75, 3.05) is 0 Å². The molecular weight excluding hydrogens is 192 g/mol. The number of aryl methyl sites for hydroxylation is 2. The van der Waals surface area contributed by atoms with E-state index in [4.69, 9.17) is 5.11 Å². The second-order valence-corrected chi connectivity index (χ2v) is 3.36. The molecule has 4 heteroatoms. The molecule has 0 saturated carbocycles. The summed E-state index contributed by atoms with van der Waals surface area (Å²) in [5, 5.41) is 16.2. The van der Waals surface area contributed by atoms with Crippen molar-refractivity contribution in [3.8, 4) is 16.9 Å². The molecule has 15 heavy (non-hydrogen) atoms. The summed E-state index contributed by atoms with van der Waals surface area (Å²) < 4.78 is 0. The molecule has 0 bridgehead atoms. The topological polar surface area (TPSA) is 80.4 Å². The molecule has 2 aromatic rings. The fourth-order valence-electron chi connectivity index (χ4n) is 1.60. The third-order valence-corrected chi connectivity index (χ3v) is 2.28. The largest absolute Gasteiger partial charge is 0.508 e. The molecule has 0 unspecified atom stereocenters. The predicted octanol–water partition coefficient (Wildman–Crippen LogP) is 1.57. The number of aromatic nitrogens is 2. The zero-order chi connectivity index (χ0) is 10.1. The number of aromatic amines is 1. The van der Waals surface area contributed by atoms with Crippen LogP contribution in [0.5, 0.6) is 5.75 Å². The maximum absolute atomic E-state index is 9.17. The Labute approximate surface area is 87.9 Å². The number of phenols is 1. The van der Waals surface area contributed by atoms with Crippen LogP contribution in [-0.2, 0) is 0 Å². The van der Waals surface area contributed by atoms with E-state index in [2.05, 4.69) is 10.2 Å². The Hall–Kier alpha value is -1.81. The van der Waals surface area contributed by atoms with Crippen LogP contribution in [0.15, 0.2) is 24.3 Å². The highest BCUT2D eigenvalue weighted by molar-refractivity contribution is 5.68. The summed E-state index contributed by atoms with van der Waals surface area (Å²) in [6, 6.07) is 7.14. The highest BCUT2D eigenvalue weighted by Crippen LogP contribution is 2.26. The number of benzene rings is 1. The molecule has 0 saturated heterocycles. The molecule has 80 valence electrons. The molecule has 0 amide bonds. The van der Waals surface area contributed by atoms with E-state index in [0.717, 1.165) is 22.5 Å². The summed E-state index contributed by atoms with van der Waals surface area (Å²) >= 11 is 0. The molecule has 4 nitrogen and oxygen atoms in total. The van der Waals surface area contributed by atoms with Crippen LogP contribution in [0.3, 0.4) is 0 Å². The van der Waals surface area contributed by atoms with Gasteiger partial charge in [-0.2, -0.15) is 5.10 Å². The van der Waals surface area contributed by atoms with E-state index >= 15 is 0 Å². The molecule has 0 aliphatic rings. The van der Waals surface area contributed by atoms with Gasteiger partial charge in [0.05, 0.1) is 5.69 Å². The van der Waals surface area contributed by atoms with E-state index in [1.54, 1.807) is 12.1 Å². The number of phenolic OH excluding ortho intramolecular Hbond substituents is 1. The number of H-pyrrole nitrogens is 1. The van der Waals surface area contributed by atoms with E-state index in [0.29, 0.717) is 0 Å². The highest BCUT2D eigenvalue weighted by Gasteiger charge is 2.07. The Balaban J connectivity index is 0.00000112. The SMILES string of the molecule is Cc1n[nH]c(C)c1-c1ccc(O)cc1.O. The van der Waals surface area contributed by atoms with Gasteiger partial charge >= 0.3 is 0 Å². The van der Waals surface area contributed by atoms with Gasteiger partial charge < -0.3 is 10.6 Å². The molecular formula is C11H14N2O2. The van der Waals surface area contributed by atoms with E-state index in [1.807, 2.05) is 26.0 Å². The molecule has 0 atom stereocenters. The summed E-state index contributed by atoms with van der Waals surface area (Å²) in [5.41, 5.74) is 4.22. The van der Waals surface area contributed by atoms with Crippen LogP contribution < -0.4 is 0 Å². The fourth-order valence-corrected chi connectivity index (χ4v) is 1.60. The summed E-state index contributed by atoms with van der Waals surface area (Å²) in [6.45, 7) is 3.95. The number of aromatic hydroxyl groups is 1. The normalized spacial score (nSPS) is 9.73. The lowest BCUT2D eigenvalue weighted by Crippen LogP contribution is -1.80. The summed E-state index contributed by atoms with van der Waals surface area (Å²) in [5.74, 6) is 0.285. The van der Waals surface area contributed by atoms with Crippen molar-refractivity contribution in [2.45, 2.75) is 13.8 Å². The first-order valence-corrected chi connectivity index (χ1v) is 4.49. The second kappa shape index (κ2) is 4.14. The average molecular weight is 206 g/mol. The third kappa shape index (κ3) is 1.99. The number of hydrogen-bond donors (Lipinski definition) is 2. The summed E-state index contributed by atoms with van der Waals surface area (Å²) in [4.78, 5) is 0. The minimum absolute atomic E-state index is 0. The van der Waals surface area contributed by atoms with Crippen LogP contribution >= 0.6 is 0 Å². The summed E-state index contributed by atoms with van der Waals surface area (Å²) in [6.07, 6.45) is 0. The highest BCUT2D eigenvalue weighted by atomic mass is 16.3. The molecule has 0 aliphatic heterocycles. The lowest BCUT2D eigenvalue weighted by molar-refractivity contribution is 0.475. The van der Waals surface area contributed by atoms with Crippen molar-refractivity contribution < 1.29 is 10.6 Å². The van der Waals surface area contributed by atoms with Gasteiger partial charge in [-0.15, -0.1) is 0 Å².